The number of hydrogen-bond acceptors (Lipinski definition) is 3. The van der Waals surface area contributed by atoms with Crippen molar-refractivity contribution in [2.75, 3.05) is 0 Å². The first-order valence-corrected chi connectivity index (χ1v) is 9.20. The second-order valence-corrected chi connectivity index (χ2v) is 6.57. The summed E-state index contributed by atoms with van der Waals surface area (Å²) in [6, 6.07) is -1.05. The van der Waals surface area contributed by atoms with Crippen LogP contribution in [0.4, 0.5) is 0 Å². The minimum absolute atomic E-state index is 0.0287. The Balaban J connectivity index is 3.91. The van der Waals surface area contributed by atoms with Crippen molar-refractivity contribution in [3.63, 3.8) is 0 Å². The van der Waals surface area contributed by atoms with E-state index in [2.05, 4.69) is 12.2 Å². The number of carbonyl (C=O) groups excluding carboxylic acids is 2. The van der Waals surface area contributed by atoms with Gasteiger partial charge in [0.25, 0.3) is 0 Å². The predicted octanol–water partition coefficient (Wildman–Crippen LogP) is 2.99. The van der Waals surface area contributed by atoms with E-state index in [-0.39, 0.29) is 24.7 Å². The number of nitrogens with two attached hydrogens (primary N) is 1. The summed E-state index contributed by atoms with van der Waals surface area (Å²) in [6.45, 7) is 4.01. The molecule has 0 bridgehead atoms. The molecule has 0 saturated heterocycles. The SMILES string of the molecule is CCCCCCCCCCC(C)C(=O)NC(CCC(N)=O)C(=O)O. The first-order chi connectivity index (χ1) is 11.4. The van der Waals surface area contributed by atoms with Gasteiger partial charge in [0, 0.05) is 12.3 Å². The fraction of sp³-hybridized carbons (Fsp3) is 0.833. The minimum atomic E-state index is -1.14. The molecule has 140 valence electrons. The molecule has 0 aromatic rings. The van der Waals surface area contributed by atoms with E-state index >= 15 is 0 Å². The van der Waals surface area contributed by atoms with E-state index in [9.17, 15) is 14.4 Å². The molecule has 0 rings (SSSR count). The second kappa shape index (κ2) is 13.8. The van der Waals surface area contributed by atoms with Gasteiger partial charge in [-0.3, -0.25) is 9.59 Å². The standard InChI is InChI=1S/C18H34N2O4/c1-3-4-5-6-7-8-9-10-11-14(2)17(22)20-15(18(23)24)12-13-16(19)21/h14-15H,3-13H2,1-2H3,(H2,19,21)(H,20,22)(H,23,24). The van der Waals surface area contributed by atoms with Crippen molar-refractivity contribution in [2.24, 2.45) is 11.7 Å². The number of carboxylic acids is 1. The highest BCUT2D eigenvalue weighted by molar-refractivity contribution is 5.85. The van der Waals surface area contributed by atoms with Crippen LogP contribution in [0, 0.1) is 5.92 Å². The molecule has 0 aliphatic heterocycles. The Labute approximate surface area is 145 Å². The van der Waals surface area contributed by atoms with Crippen LogP contribution < -0.4 is 11.1 Å². The third-order valence-electron chi connectivity index (χ3n) is 4.23. The van der Waals surface area contributed by atoms with Crippen LogP contribution in [0.25, 0.3) is 0 Å². The summed E-state index contributed by atoms with van der Waals surface area (Å²) in [5, 5.41) is 11.6. The molecule has 0 spiro atoms. The van der Waals surface area contributed by atoms with Gasteiger partial charge in [-0.2, -0.15) is 0 Å². The maximum Gasteiger partial charge on any atom is 0.326 e. The number of rotatable bonds is 15. The first-order valence-electron chi connectivity index (χ1n) is 9.20. The zero-order valence-electron chi connectivity index (χ0n) is 15.2. The van der Waals surface area contributed by atoms with Gasteiger partial charge in [0.15, 0.2) is 0 Å². The lowest BCUT2D eigenvalue weighted by atomic mass is 10.00. The van der Waals surface area contributed by atoms with Crippen molar-refractivity contribution < 1.29 is 19.5 Å². The highest BCUT2D eigenvalue weighted by Gasteiger charge is 2.23. The maximum atomic E-state index is 12.1. The van der Waals surface area contributed by atoms with Crippen molar-refractivity contribution in [2.45, 2.75) is 90.5 Å². The van der Waals surface area contributed by atoms with Gasteiger partial charge in [0.1, 0.15) is 6.04 Å². The van der Waals surface area contributed by atoms with Crippen LogP contribution in [0.2, 0.25) is 0 Å². The van der Waals surface area contributed by atoms with Crippen molar-refractivity contribution in [3.05, 3.63) is 0 Å². The number of hydrogen-bond donors (Lipinski definition) is 3. The Morgan fingerprint density at radius 3 is 2.00 bits per heavy atom. The molecule has 0 aliphatic carbocycles. The molecule has 2 atom stereocenters. The molecule has 0 saturated carbocycles. The van der Waals surface area contributed by atoms with Gasteiger partial charge in [-0.15, -0.1) is 0 Å². The predicted molar refractivity (Wildman–Crippen MR) is 94.4 cm³/mol. The first kappa shape index (κ1) is 22.4. The topological polar surface area (TPSA) is 109 Å². The average Bonchev–Trinajstić information content (AvgIpc) is 2.52. The van der Waals surface area contributed by atoms with Crippen LogP contribution in [0.5, 0.6) is 0 Å². The van der Waals surface area contributed by atoms with E-state index < -0.39 is 17.9 Å². The summed E-state index contributed by atoms with van der Waals surface area (Å²) >= 11 is 0. The van der Waals surface area contributed by atoms with Gasteiger partial charge >= 0.3 is 5.97 Å². The number of carboxylic acid groups (broad SMARTS) is 1. The quantitative estimate of drug-likeness (QED) is 0.397. The Bertz CT molecular complexity index is 385. The van der Waals surface area contributed by atoms with Gasteiger partial charge in [0.2, 0.25) is 11.8 Å². The Morgan fingerprint density at radius 2 is 1.50 bits per heavy atom. The molecule has 0 fully saturated rings. The lowest BCUT2D eigenvalue weighted by molar-refractivity contribution is -0.142. The number of aliphatic carboxylic acids is 1. The van der Waals surface area contributed by atoms with E-state index in [1.54, 1.807) is 0 Å². The van der Waals surface area contributed by atoms with E-state index in [4.69, 9.17) is 10.8 Å². The number of nitrogens with one attached hydrogen (secondary N) is 1. The van der Waals surface area contributed by atoms with Crippen molar-refractivity contribution >= 4 is 17.8 Å². The zero-order chi connectivity index (χ0) is 18.4. The van der Waals surface area contributed by atoms with Gasteiger partial charge in [-0.25, -0.2) is 4.79 Å². The van der Waals surface area contributed by atoms with Crippen LogP contribution in [-0.2, 0) is 14.4 Å². The summed E-state index contributed by atoms with van der Waals surface area (Å²) in [5.41, 5.74) is 5.02. The van der Waals surface area contributed by atoms with E-state index in [1.165, 1.54) is 38.5 Å². The molecule has 0 radical (unpaired) electrons. The molecule has 2 unspecified atom stereocenters. The van der Waals surface area contributed by atoms with Crippen molar-refractivity contribution in [3.8, 4) is 0 Å². The van der Waals surface area contributed by atoms with E-state index in [1.807, 2.05) is 6.92 Å². The second-order valence-electron chi connectivity index (χ2n) is 6.57. The Kier molecular flexibility index (Phi) is 12.9. The van der Waals surface area contributed by atoms with Crippen LogP contribution >= 0.6 is 0 Å². The molecular formula is C18H34N2O4. The smallest absolute Gasteiger partial charge is 0.326 e. The van der Waals surface area contributed by atoms with Crippen molar-refractivity contribution in [1.82, 2.24) is 5.32 Å². The maximum absolute atomic E-state index is 12.1. The number of amides is 2. The summed E-state index contributed by atoms with van der Waals surface area (Å²) < 4.78 is 0. The number of unbranched alkanes of at least 4 members (excludes halogenated alkanes) is 7. The van der Waals surface area contributed by atoms with Gasteiger partial charge in [-0.05, 0) is 12.8 Å². The minimum Gasteiger partial charge on any atom is -0.480 e. The monoisotopic (exact) mass is 342 g/mol. The lowest BCUT2D eigenvalue weighted by Gasteiger charge is -2.17. The molecule has 4 N–H and O–H groups in total. The lowest BCUT2D eigenvalue weighted by Crippen LogP contribution is -2.43. The Morgan fingerprint density at radius 1 is 0.958 bits per heavy atom. The molecular weight excluding hydrogens is 308 g/mol. The summed E-state index contributed by atoms with van der Waals surface area (Å²) in [7, 11) is 0. The molecule has 24 heavy (non-hydrogen) atoms. The van der Waals surface area contributed by atoms with Crippen LogP contribution in [0.15, 0.2) is 0 Å². The molecule has 6 nitrogen and oxygen atoms in total. The molecule has 0 heterocycles. The fourth-order valence-corrected chi connectivity index (χ4v) is 2.57. The van der Waals surface area contributed by atoms with Crippen molar-refractivity contribution in [1.29, 1.82) is 0 Å². The summed E-state index contributed by atoms with van der Waals surface area (Å²) in [4.78, 5) is 33.9. The molecule has 6 heteroatoms. The third-order valence-corrected chi connectivity index (χ3v) is 4.23. The summed E-state index contributed by atoms with van der Waals surface area (Å²) in [6.07, 6.45) is 10.4. The zero-order valence-corrected chi connectivity index (χ0v) is 15.2. The van der Waals surface area contributed by atoms with Gasteiger partial charge < -0.3 is 16.2 Å². The summed E-state index contributed by atoms with van der Waals surface area (Å²) in [5.74, 6) is -2.19. The Hall–Kier alpha value is -1.59. The normalized spacial score (nSPS) is 13.2. The largest absolute Gasteiger partial charge is 0.480 e. The van der Waals surface area contributed by atoms with E-state index in [0.717, 1.165) is 19.3 Å². The van der Waals surface area contributed by atoms with Gasteiger partial charge in [-0.1, -0.05) is 65.2 Å². The molecule has 0 aromatic heterocycles. The highest BCUT2D eigenvalue weighted by atomic mass is 16.4. The number of carbonyl (C=O) groups is 3. The van der Waals surface area contributed by atoms with Crippen LogP contribution in [0.3, 0.4) is 0 Å². The molecule has 0 aliphatic rings. The molecule has 0 aromatic carbocycles. The highest BCUT2D eigenvalue weighted by Crippen LogP contribution is 2.13. The number of primary amides is 1. The van der Waals surface area contributed by atoms with Crippen LogP contribution in [-0.4, -0.2) is 28.9 Å². The van der Waals surface area contributed by atoms with E-state index in [0.29, 0.717) is 0 Å². The fourth-order valence-electron chi connectivity index (χ4n) is 2.57. The average molecular weight is 342 g/mol. The van der Waals surface area contributed by atoms with Crippen LogP contribution in [0.1, 0.15) is 84.5 Å². The molecule has 2 amide bonds. The van der Waals surface area contributed by atoms with Gasteiger partial charge in [0.05, 0.1) is 0 Å². The third kappa shape index (κ3) is 11.9.